The summed E-state index contributed by atoms with van der Waals surface area (Å²) in [6, 6.07) is 16.7. The van der Waals surface area contributed by atoms with Crippen molar-refractivity contribution in [2.45, 2.75) is 26.9 Å². The van der Waals surface area contributed by atoms with Gasteiger partial charge in [0.05, 0.1) is 12.5 Å². The van der Waals surface area contributed by atoms with Crippen LogP contribution in [0.15, 0.2) is 59.0 Å². The second kappa shape index (κ2) is 9.07. The van der Waals surface area contributed by atoms with Crippen LogP contribution in [-0.2, 0) is 6.61 Å². The van der Waals surface area contributed by atoms with E-state index in [1.54, 1.807) is 17.0 Å². The molecule has 0 aliphatic heterocycles. The highest BCUT2D eigenvalue weighted by atomic mass is 19.1. The fourth-order valence-corrected chi connectivity index (χ4v) is 2.79. The molecule has 1 amide bonds. The van der Waals surface area contributed by atoms with E-state index in [2.05, 4.69) is 6.07 Å². The van der Waals surface area contributed by atoms with E-state index in [9.17, 15) is 9.18 Å². The van der Waals surface area contributed by atoms with E-state index in [1.165, 1.54) is 24.3 Å². The van der Waals surface area contributed by atoms with Gasteiger partial charge in [-0.25, -0.2) is 4.39 Å². The van der Waals surface area contributed by atoms with Crippen molar-refractivity contribution < 1.29 is 18.3 Å². The van der Waals surface area contributed by atoms with Crippen LogP contribution in [0.1, 0.15) is 33.9 Å². The number of anilines is 1. The zero-order chi connectivity index (χ0) is 20.8. The summed E-state index contributed by atoms with van der Waals surface area (Å²) in [6.45, 7) is 4.35. The molecule has 0 saturated heterocycles. The van der Waals surface area contributed by atoms with Crippen LogP contribution >= 0.6 is 0 Å². The summed E-state index contributed by atoms with van der Waals surface area (Å²) in [5.74, 6) is 0.474. The van der Waals surface area contributed by atoms with Crippen LogP contribution < -0.4 is 9.64 Å². The highest BCUT2D eigenvalue weighted by Gasteiger charge is 2.21. The van der Waals surface area contributed by atoms with Gasteiger partial charge < -0.3 is 14.1 Å². The molecule has 6 heteroatoms. The van der Waals surface area contributed by atoms with Crippen LogP contribution in [0.25, 0.3) is 0 Å². The van der Waals surface area contributed by atoms with Crippen molar-refractivity contribution in [3.63, 3.8) is 0 Å². The van der Waals surface area contributed by atoms with Gasteiger partial charge in [-0.15, -0.1) is 0 Å². The normalized spacial score (nSPS) is 10.4. The number of rotatable bonds is 7. The number of furan rings is 1. The second-order valence-electron chi connectivity index (χ2n) is 6.64. The molecule has 0 spiro atoms. The summed E-state index contributed by atoms with van der Waals surface area (Å²) in [6.07, 6.45) is 0.208. The number of hydrogen-bond acceptors (Lipinski definition) is 4. The van der Waals surface area contributed by atoms with Gasteiger partial charge in [-0.1, -0.05) is 6.07 Å². The van der Waals surface area contributed by atoms with Gasteiger partial charge in [0.1, 0.15) is 23.9 Å². The van der Waals surface area contributed by atoms with Crippen molar-refractivity contribution in [2.75, 3.05) is 11.4 Å². The predicted molar refractivity (Wildman–Crippen MR) is 107 cm³/mol. The van der Waals surface area contributed by atoms with Crippen LogP contribution in [0.2, 0.25) is 0 Å². The Bertz CT molecular complexity index is 1040. The lowest BCUT2D eigenvalue weighted by atomic mass is 10.1. The molecule has 29 heavy (non-hydrogen) atoms. The van der Waals surface area contributed by atoms with Gasteiger partial charge >= 0.3 is 0 Å². The summed E-state index contributed by atoms with van der Waals surface area (Å²) in [5, 5.41) is 8.96. The molecular formula is C23H21FN2O3. The third-order valence-electron chi connectivity index (χ3n) is 4.56. The number of ether oxygens (including phenoxy) is 1. The topological polar surface area (TPSA) is 66.5 Å². The maximum atomic E-state index is 13.0. The monoisotopic (exact) mass is 392 g/mol. The van der Waals surface area contributed by atoms with Gasteiger partial charge in [-0.3, -0.25) is 4.79 Å². The zero-order valence-corrected chi connectivity index (χ0v) is 16.3. The SMILES string of the molecule is Cc1ccc(N(CCC#N)C(=O)c2ccc(COc3ccc(F)cc3)o2)cc1C. The summed E-state index contributed by atoms with van der Waals surface area (Å²) < 4.78 is 24.2. The van der Waals surface area contributed by atoms with Gasteiger partial charge in [-0.05, 0) is 73.5 Å². The molecule has 0 saturated carbocycles. The van der Waals surface area contributed by atoms with Crippen molar-refractivity contribution in [1.82, 2.24) is 0 Å². The molecule has 0 bridgehead atoms. The smallest absolute Gasteiger partial charge is 0.294 e. The number of carbonyl (C=O) groups excluding carboxylic acids is 1. The Hall–Kier alpha value is -3.59. The molecule has 0 fully saturated rings. The molecular weight excluding hydrogens is 371 g/mol. The Kier molecular flexibility index (Phi) is 6.30. The van der Waals surface area contributed by atoms with Crippen molar-refractivity contribution in [3.8, 4) is 11.8 Å². The minimum Gasteiger partial charge on any atom is -0.486 e. The first-order valence-corrected chi connectivity index (χ1v) is 9.21. The number of nitriles is 1. The predicted octanol–water partition coefficient (Wildman–Crippen LogP) is 5.18. The number of benzene rings is 2. The molecule has 1 aromatic heterocycles. The lowest BCUT2D eigenvalue weighted by molar-refractivity contribution is 0.0956. The van der Waals surface area contributed by atoms with E-state index < -0.39 is 0 Å². The summed E-state index contributed by atoms with van der Waals surface area (Å²) in [5.41, 5.74) is 2.90. The highest BCUT2D eigenvalue weighted by molar-refractivity contribution is 6.04. The largest absolute Gasteiger partial charge is 0.486 e. The van der Waals surface area contributed by atoms with Crippen LogP contribution in [0.5, 0.6) is 5.75 Å². The van der Waals surface area contributed by atoms with E-state index >= 15 is 0 Å². The zero-order valence-electron chi connectivity index (χ0n) is 16.3. The summed E-state index contributed by atoms with van der Waals surface area (Å²) in [7, 11) is 0. The number of nitrogens with zero attached hydrogens (tertiary/aromatic N) is 2. The first-order valence-electron chi connectivity index (χ1n) is 9.21. The highest BCUT2D eigenvalue weighted by Crippen LogP contribution is 2.23. The Morgan fingerprint density at radius 2 is 1.86 bits per heavy atom. The van der Waals surface area contributed by atoms with E-state index in [4.69, 9.17) is 14.4 Å². The summed E-state index contributed by atoms with van der Waals surface area (Å²) in [4.78, 5) is 14.6. The molecule has 148 valence electrons. The number of hydrogen-bond donors (Lipinski definition) is 0. The summed E-state index contributed by atoms with van der Waals surface area (Å²) >= 11 is 0. The molecule has 0 atom stereocenters. The van der Waals surface area contributed by atoms with Gasteiger partial charge in [0.15, 0.2) is 5.76 Å². The van der Waals surface area contributed by atoms with Gasteiger partial charge in [0.25, 0.3) is 5.91 Å². The Labute approximate surface area is 168 Å². The lowest BCUT2D eigenvalue weighted by Crippen LogP contribution is -2.31. The van der Waals surface area contributed by atoms with Crippen molar-refractivity contribution in [3.05, 3.63) is 83.1 Å². The third kappa shape index (κ3) is 5.02. The maximum absolute atomic E-state index is 13.0. The fourth-order valence-electron chi connectivity index (χ4n) is 2.79. The minimum atomic E-state index is -0.341. The lowest BCUT2D eigenvalue weighted by Gasteiger charge is -2.21. The second-order valence-corrected chi connectivity index (χ2v) is 6.64. The van der Waals surface area contributed by atoms with E-state index in [1.807, 2.05) is 32.0 Å². The Morgan fingerprint density at radius 1 is 1.10 bits per heavy atom. The molecule has 0 aliphatic carbocycles. The number of amides is 1. The molecule has 5 nitrogen and oxygen atoms in total. The average Bonchev–Trinajstić information content (AvgIpc) is 3.19. The van der Waals surface area contributed by atoms with Gasteiger partial charge in [-0.2, -0.15) is 5.26 Å². The molecule has 0 radical (unpaired) electrons. The van der Waals surface area contributed by atoms with E-state index in [0.29, 0.717) is 17.2 Å². The standard InChI is InChI=1S/C23H21FN2O3/c1-16-4-7-19(14-17(16)2)26(13-3-12-25)23(27)22-11-10-21(29-22)15-28-20-8-5-18(24)6-9-20/h4-11,14H,3,13,15H2,1-2H3. The van der Waals surface area contributed by atoms with Crippen LogP contribution in [-0.4, -0.2) is 12.5 Å². The first kappa shape index (κ1) is 20.2. The third-order valence-corrected chi connectivity index (χ3v) is 4.56. The van der Waals surface area contributed by atoms with Gasteiger partial charge in [0, 0.05) is 12.2 Å². The molecule has 1 heterocycles. The number of aryl methyl sites for hydroxylation is 2. The van der Waals surface area contributed by atoms with Crippen LogP contribution in [0.3, 0.4) is 0 Å². The molecule has 3 rings (SSSR count). The molecule has 0 unspecified atom stereocenters. The van der Waals surface area contributed by atoms with Crippen molar-refractivity contribution in [2.24, 2.45) is 0 Å². The van der Waals surface area contributed by atoms with E-state index in [0.717, 1.165) is 11.1 Å². The first-order chi connectivity index (χ1) is 14.0. The van der Waals surface area contributed by atoms with Crippen LogP contribution in [0, 0.1) is 31.0 Å². The number of halogens is 1. The van der Waals surface area contributed by atoms with Crippen molar-refractivity contribution in [1.29, 1.82) is 5.26 Å². The fraction of sp³-hybridized carbons (Fsp3) is 0.217. The molecule has 3 aromatic rings. The van der Waals surface area contributed by atoms with Crippen LogP contribution in [0.4, 0.5) is 10.1 Å². The average molecular weight is 392 g/mol. The molecule has 2 aromatic carbocycles. The maximum Gasteiger partial charge on any atom is 0.294 e. The van der Waals surface area contributed by atoms with Gasteiger partial charge in [0.2, 0.25) is 0 Å². The minimum absolute atomic E-state index is 0.112. The molecule has 0 aliphatic rings. The van der Waals surface area contributed by atoms with E-state index in [-0.39, 0.29) is 37.1 Å². The quantitative estimate of drug-likeness (QED) is 0.556. The van der Waals surface area contributed by atoms with Crippen molar-refractivity contribution >= 4 is 11.6 Å². The Morgan fingerprint density at radius 3 is 2.55 bits per heavy atom. The number of carbonyl (C=O) groups is 1. The Balaban J connectivity index is 1.74. The molecule has 0 N–H and O–H groups in total.